The third-order valence-electron chi connectivity index (χ3n) is 3.55. The highest BCUT2D eigenvalue weighted by atomic mass is 35.5. The van der Waals surface area contributed by atoms with Crippen molar-refractivity contribution >= 4 is 34.8 Å². The van der Waals surface area contributed by atoms with Gasteiger partial charge in [0.15, 0.2) is 0 Å². The molecule has 0 saturated heterocycles. The Hall–Kier alpha value is -0.810. The van der Waals surface area contributed by atoms with Crippen molar-refractivity contribution in [2.45, 2.75) is 25.3 Å². The van der Waals surface area contributed by atoms with E-state index in [9.17, 15) is 4.79 Å². The van der Waals surface area contributed by atoms with Gasteiger partial charge in [-0.15, -0.1) is 0 Å². The zero-order valence-corrected chi connectivity index (χ0v) is 12.6. The fraction of sp³-hybridized carbons (Fsp3) is 0.500. The molecule has 1 amide bonds. The summed E-state index contributed by atoms with van der Waals surface area (Å²) >= 11 is 11.9. The van der Waals surface area contributed by atoms with Gasteiger partial charge in [-0.05, 0) is 25.0 Å². The molecular weight excluding hydrogens is 299 g/mol. The Labute approximate surface area is 128 Å². The summed E-state index contributed by atoms with van der Waals surface area (Å²) in [4.78, 5) is 14.1. The second-order valence-electron chi connectivity index (χ2n) is 4.93. The van der Waals surface area contributed by atoms with Gasteiger partial charge in [-0.1, -0.05) is 35.7 Å². The molecule has 1 aliphatic rings. The van der Waals surface area contributed by atoms with E-state index in [1.54, 1.807) is 18.2 Å². The molecule has 0 bridgehead atoms. The number of carbonyl (C=O) groups is 1. The molecule has 0 aromatic heterocycles. The maximum absolute atomic E-state index is 12.1. The summed E-state index contributed by atoms with van der Waals surface area (Å²) in [5.41, 5.74) is 0.515. The highest BCUT2D eigenvalue weighted by molar-refractivity contribution is 6.43. The molecule has 1 aliphatic carbocycles. The molecule has 0 spiro atoms. The smallest absolute Gasteiger partial charge is 0.238 e. The van der Waals surface area contributed by atoms with Gasteiger partial charge in [-0.3, -0.25) is 9.69 Å². The van der Waals surface area contributed by atoms with Crippen molar-refractivity contribution < 1.29 is 9.90 Å². The number of nitrogens with one attached hydrogen (secondary N) is 1. The van der Waals surface area contributed by atoms with Crippen LogP contribution >= 0.6 is 23.2 Å². The summed E-state index contributed by atoms with van der Waals surface area (Å²) in [6, 6.07) is 5.53. The van der Waals surface area contributed by atoms with Crippen molar-refractivity contribution in [2.24, 2.45) is 0 Å². The molecule has 2 N–H and O–H groups in total. The maximum atomic E-state index is 12.1. The lowest BCUT2D eigenvalue weighted by Crippen LogP contribution is -2.45. The average molecular weight is 317 g/mol. The van der Waals surface area contributed by atoms with Crippen LogP contribution in [0.25, 0.3) is 0 Å². The molecule has 1 saturated carbocycles. The van der Waals surface area contributed by atoms with Crippen LogP contribution in [0.4, 0.5) is 5.69 Å². The van der Waals surface area contributed by atoms with E-state index in [0.29, 0.717) is 28.3 Å². The lowest BCUT2D eigenvalue weighted by Gasteiger charge is -2.36. The molecule has 0 unspecified atom stereocenters. The Balaban J connectivity index is 1.95. The number of amides is 1. The summed E-state index contributed by atoms with van der Waals surface area (Å²) < 4.78 is 0. The standard InChI is InChI=1S/C14H18Cl2N2O2/c15-11-5-2-6-12(14(11)16)17-13(20)9-18(7-8-19)10-3-1-4-10/h2,5-6,10,19H,1,3-4,7-9H2,(H,17,20). The van der Waals surface area contributed by atoms with E-state index in [0.717, 1.165) is 12.8 Å². The Bertz CT molecular complexity index is 478. The first-order valence-electron chi connectivity index (χ1n) is 6.70. The van der Waals surface area contributed by atoms with Crippen molar-refractivity contribution in [3.05, 3.63) is 28.2 Å². The second kappa shape index (κ2) is 7.27. The number of carbonyl (C=O) groups excluding carboxylic acids is 1. The number of benzene rings is 1. The number of hydrogen-bond donors (Lipinski definition) is 2. The molecule has 6 heteroatoms. The Kier molecular flexibility index (Phi) is 5.66. The van der Waals surface area contributed by atoms with Crippen LogP contribution in [0.2, 0.25) is 10.0 Å². The van der Waals surface area contributed by atoms with Crippen LogP contribution in [0.5, 0.6) is 0 Å². The molecule has 0 heterocycles. The van der Waals surface area contributed by atoms with Gasteiger partial charge in [-0.2, -0.15) is 0 Å². The van der Waals surface area contributed by atoms with Crippen LogP contribution in [0.1, 0.15) is 19.3 Å². The lowest BCUT2D eigenvalue weighted by molar-refractivity contribution is -0.118. The minimum Gasteiger partial charge on any atom is -0.395 e. The topological polar surface area (TPSA) is 52.6 Å². The molecule has 0 atom stereocenters. The summed E-state index contributed by atoms with van der Waals surface area (Å²) in [6.07, 6.45) is 3.37. The van der Waals surface area contributed by atoms with Gasteiger partial charge >= 0.3 is 0 Å². The van der Waals surface area contributed by atoms with Crippen molar-refractivity contribution in [3.63, 3.8) is 0 Å². The molecule has 1 aromatic carbocycles. The number of hydrogen-bond acceptors (Lipinski definition) is 3. The van der Waals surface area contributed by atoms with Gasteiger partial charge in [0, 0.05) is 12.6 Å². The second-order valence-corrected chi connectivity index (χ2v) is 5.71. The number of nitrogens with zero attached hydrogens (tertiary/aromatic N) is 1. The van der Waals surface area contributed by atoms with Crippen LogP contribution < -0.4 is 5.32 Å². The predicted octanol–water partition coefficient (Wildman–Crippen LogP) is 2.78. The monoisotopic (exact) mass is 316 g/mol. The number of aliphatic hydroxyl groups is 1. The number of anilines is 1. The molecule has 0 aliphatic heterocycles. The average Bonchev–Trinajstić information content (AvgIpc) is 2.33. The fourth-order valence-electron chi connectivity index (χ4n) is 2.25. The van der Waals surface area contributed by atoms with Crippen LogP contribution in [-0.4, -0.2) is 41.7 Å². The van der Waals surface area contributed by atoms with Crippen LogP contribution in [0, 0.1) is 0 Å². The van der Waals surface area contributed by atoms with Crippen LogP contribution in [0.15, 0.2) is 18.2 Å². The summed E-state index contributed by atoms with van der Waals surface area (Å²) in [6.45, 7) is 0.830. The first kappa shape index (κ1) is 15.6. The molecule has 2 rings (SSSR count). The quantitative estimate of drug-likeness (QED) is 0.848. The zero-order chi connectivity index (χ0) is 14.5. The SMILES string of the molecule is O=C(CN(CCO)C1CCC1)Nc1cccc(Cl)c1Cl. The predicted molar refractivity (Wildman–Crippen MR) is 81.4 cm³/mol. The normalized spacial score (nSPS) is 15.2. The zero-order valence-electron chi connectivity index (χ0n) is 11.1. The van der Waals surface area contributed by atoms with E-state index in [1.807, 2.05) is 4.90 Å². The number of halogens is 2. The summed E-state index contributed by atoms with van der Waals surface area (Å²) in [5.74, 6) is -0.144. The molecule has 0 radical (unpaired) electrons. The van der Waals surface area contributed by atoms with E-state index in [-0.39, 0.29) is 19.1 Å². The Morgan fingerprint density at radius 2 is 2.15 bits per heavy atom. The third kappa shape index (κ3) is 3.85. The molecule has 1 aromatic rings. The Morgan fingerprint density at radius 3 is 2.75 bits per heavy atom. The number of aliphatic hydroxyl groups excluding tert-OH is 1. The first-order valence-corrected chi connectivity index (χ1v) is 7.46. The first-order chi connectivity index (χ1) is 9.61. The van der Waals surface area contributed by atoms with Gasteiger partial charge in [0.05, 0.1) is 28.9 Å². The van der Waals surface area contributed by atoms with Gasteiger partial charge in [0.1, 0.15) is 0 Å². The Morgan fingerprint density at radius 1 is 1.40 bits per heavy atom. The highest BCUT2D eigenvalue weighted by Crippen LogP contribution is 2.29. The molecule has 4 nitrogen and oxygen atoms in total. The van der Waals surface area contributed by atoms with E-state index < -0.39 is 0 Å². The fourth-order valence-corrected chi connectivity index (χ4v) is 2.59. The number of rotatable bonds is 6. The van der Waals surface area contributed by atoms with Gasteiger partial charge in [0.2, 0.25) is 5.91 Å². The van der Waals surface area contributed by atoms with Crippen molar-refractivity contribution in [3.8, 4) is 0 Å². The van der Waals surface area contributed by atoms with E-state index >= 15 is 0 Å². The lowest BCUT2D eigenvalue weighted by atomic mass is 9.91. The maximum Gasteiger partial charge on any atom is 0.238 e. The van der Waals surface area contributed by atoms with Crippen LogP contribution in [-0.2, 0) is 4.79 Å². The summed E-state index contributed by atoms with van der Waals surface area (Å²) in [5, 5.41) is 12.6. The molecule has 1 fully saturated rings. The largest absolute Gasteiger partial charge is 0.395 e. The summed E-state index contributed by atoms with van der Waals surface area (Å²) in [7, 11) is 0. The van der Waals surface area contributed by atoms with Crippen molar-refractivity contribution in [1.29, 1.82) is 0 Å². The van der Waals surface area contributed by atoms with Crippen molar-refractivity contribution in [1.82, 2.24) is 4.90 Å². The van der Waals surface area contributed by atoms with Crippen LogP contribution in [0.3, 0.4) is 0 Å². The highest BCUT2D eigenvalue weighted by Gasteiger charge is 2.26. The van der Waals surface area contributed by atoms with Gasteiger partial charge in [-0.25, -0.2) is 0 Å². The van der Waals surface area contributed by atoms with Crippen molar-refractivity contribution in [2.75, 3.05) is 25.0 Å². The molecule has 20 heavy (non-hydrogen) atoms. The van der Waals surface area contributed by atoms with Gasteiger partial charge in [0.25, 0.3) is 0 Å². The van der Waals surface area contributed by atoms with Gasteiger partial charge < -0.3 is 10.4 Å². The third-order valence-corrected chi connectivity index (χ3v) is 4.37. The van der Waals surface area contributed by atoms with E-state index in [4.69, 9.17) is 28.3 Å². The molecular formula is C14H18Cl2N2O2. The minimum atomic E-state index is -0.144. The van der Waals surface area contributed by atoms with E-state index in [1.165, 1.54) is 6.42 Å². The molecule has 110 valence electrons. The van der Waals surface area contributed by atoms with E-state index in [2.05, 4.69) is 5.32 Å². The minimum absolute atomic E-state index is 0.0572.